The van der Waals surface area contributed by atoms with Gasteiger partial charge in [-0.15, -0.1) is 0 Å². The zero-order valence-electron chi connectivity index (χ0n) is 19.0. The van der Waals surface area contributed by atoms with E-state index in [0.717, 1.165) is 23.2 Å². The monoisotopic (exact) mass is 460 g/mol. The molecule has 2 atom stereocenters. The second-order valence-electron chi connectivity index (χ2n) is 8.84. The van der Waals surface area contributed by atoms with Crippen LogP contribution in [0.5, 0.6) is 23.0 Å². The topological polar surface area (TPSA) is 110 Å². The van der Waals surface area contributed by atoms with Crippen molar-refractivity contribution in [2.45, 2.75) is 31.3 Å². The van der Waals surface area contributed by atoms with Gasteiger partial charge < -0.3 is 25.6 Å². The van der Waals surface area contributed by atoms with Crippen molar-refractivity contribution in [1.82, 2.24) is 15.2 Å². The number of aromatic hydroxyl groups is 1. The summed E-state index contributed by atoms with van der Waals surface area (Å²) in [7, 11) is 1.59. The fraction of sp³-hybridized carbons (Fsp3) is 0.308. The maximum absolute atomic E-state index is 12.9. The van der Waals surface area contributed by atoms with Gasteiger partial charge in [0.05, 0.1) is 7.11 Å². The van der Waals surface area contributed by atoms with Crippen molar-refractivity contribution in [2.24, 2.45) is 0 Å². The number of phenols is 1. The zero-order valence-corrected chi connectivity index (χ0v) is 19.0. The number of aromatic nitrogens is 1. The molecular formula is C26H28N4O4. The summed E-state index contributed by atoms with van der Waals surface area (Å²) in [5.41, 5.74) is 8.98. The first-order valence-corrected chi connectivity index (χ1v) is 11.4. The van der Waals surface area contributed by atoms with Crippen LogP contribution >= 0.6 is 0 Å². The van der Waals surface area contributed by atoms with E-state index < -0.39 is 0 Å². The van der Waals surface area contributed by atoms with Gasteiger partial charge >= 0.3 is 0 Å². The number of nitrogens with one attached hydrogen (secondary N) is 1. The van der Waals surface area contributed by atoms with E-state index >= 15 is 0 Å². The molecule has 0 unspecified atom stereocenters. The first kappa shape index (κ1) is 22.0. The second kappa shape index (κ2) is 9.23. The lowest BCUT2D eigenvalue weighted by molar-refractivity contribution is -0.121. The molecule has 1 aromatic heterocycles. The van der Waals surface area contributed by atoms with Crippen LogP contribution in [0.25, 0.3) is 0 Å². The van der Waals surface area contributed by atoms with Crippen LogP contribution in [0.3, 0.4) is 0 Å². The molecule has 2 aliphatic heterocycles. The molecule has 8 heteroatoms. The van der Waals surface area contributed by atoms with Crippen molar-refractivity contribution in [3.63, 3.8) is 0 Å². The lowest BCUT2D eigenvalue weighted by atomic mass is 9.93. The fourth-order valence-corrected chi connectivity index (χ4v) is 4.78. The third kappa shape index (κ3) is 4.49. The molecule has 3 aromatic rings. The number of carbonyl (C=O) groups is 1. The van der Waals surface area contributed by atoms with Gasteiger partial charge in [-0.2, -0.15) is 0 Å². The van der Waals surface area contributed by atoms with Gasteiger partial charge in [0.25, 0.3) is 0 Å². The molecule has 3 heterocycles. The molecule has 176 valence electrons. The Morgan fingerprint density at radius 3 is 2.88 bits per heavy atom. The summed E-state index contributed by atoms with van der Waals surface area (Å²) in [5.74, 6) is 2.04. The van der Waals surface area contributed by atoms with E-state index in [1.165, 1.54) is 0 Å². The number of hydrogen-bond acceptors (Lipinski definition) is 7. The number of fused-ring (bicyclic) bond motifs is 6. The van der Waals surface area contributed by atoms with Gasteiger partial charge in [0.1, 0.15) is 5.82 Å². The number of amides is 1. The average molecular weight is 461 g/mol. The smallest absolute Gasteiger partial charge is 0.220 e. The third-order valence-corrected chi connectivity index (χ3v) is 6.56. The number of rotatable bonds is 3. The highest BCUT2D eigenvalue weighted by Crippen LogP contribution is 2.40. The Morgan fingerprint density at radius 1 is 1.18 bits per heavy atom. The van der Waals surface area contributed by atoms with Crippen LogP contribution in [-0.2, 0) is 17.8 Å². The summed E-state index contributed by atoms with van der Waals surface area (Å²) in [6.07, 6.45) is 2.58. The number of ether oxygens (including phenoxy) is 2. The Hall–Kier alpha value is -3.78. The largest absolute Gasteiger partial charge is 0.504 e. The SMILES string of the molecule is COc1ccc2cc1Oc1cc(ccc1O)CCC(=O)N[C@@H]1CN(Cc3cccnc3N)C[C@@H]21. The van der Waals surface area contributed by atoms with Crippen LogP contribution in [0.2, 0.25) is 0 Å². The molecule has 5 rings (SSSR count). The molecule has 0 radical (unpaired) electrons. The molecule has 1 fully saturated rings. The lowest BCUT2D eigenvalue weighted by Crippen LogP contribution is -2.39. The second-order valence-corrected chi connectivity index (χ2v) is 8.84. The predicted molar refractivity (Wildman–Crippen MR) is 128 cm³/mol. The Labute approximate surface area is 198 Å². The van der Waals surface area contributed by atoms with E-state index in [1.54, 1.807) is 31.5 Å². The van der Waals surface area contributed by atoms with Crippen molar-refractivity contribution >= 4 is 11.7 Å². The van der Waals surface area contributed by atoms with E-state index in [-0.39, 0.29) is 23.6 Å². The van der Waals surface area contributed by atoms with Gasteiger partial charge in [-0.1, -0.05) is 18.2 Å². The summed E-state index contributed by atoms with van der Waals surface area (Å²) < 4.78 is 11.6. The van der Waals surface area contributed by atoms with Crippen LogP contribution in [0.1, 0.15) is 29.0 Å². The van der Waals surface area contributed by atoms with Gasteiger partial charge in [-0.25, -0.2) is 4.98 Å². The van der Waals surface area contributed by atoms with Crippen LogP contribution < -0.4 is 20.5 Å². The molecule has 4 bridgehead atoms. The van der Waals surface area contributed by atoms with E-state index in [2.05, 4.69) is 15.2 Å². The molecule has 1 saturated heterocycles. The molecular weight excluding hydrogens is 432 g/mol. The number of benzene rings is 2. The van der Waals surface area contributed by atoms with Crippen LogP contribution in [-0.4, -0.2) is 47.1 Å². The Kier molecular flexibility index (Phi) is 5.98. The first-order valence-electron chi connectivity index (χ1n) is 11.4. The predicted octanol–water partition coefficient (Wildman–Crippen LogP) is 3.20. The molecule has 2 aliphatic rings. The van der Waals surface area contributed by atoms with Gasteiger partial charge in [-0.05, 0) is 47.9 Å². The number of phenolic OH excluding ortho intramolecular Hbond substituents is 1. The number of anilines is 1. The quantitative estimate of drug-likeness (QED) is 0.551. The van der Waals surface area contributed by atoms with Crippen molar-refractivity contribution in [3.8, 4) is 23.0 Å². The maximum Gasteiger partial charge on any atom is 0.220 e. The molecule has 34 heavy (non-hydrogen) atoms. The van der Waals surface area contributed by atoms with E-state index in [9.17, 15) is 9.90 Å². The van der Waals surface area contributed by atoms with Crippen LogP contribution in [0.15, 0.2) is 54.7 Å². The van der Waals surface area contributed by atoms with Gasteiger partial charge in [0.2, 0.25) is 5.91 Å². The van der Waals surface area contributed by atoms with E-state index in [0.29, 0.717) is 49.0 Å². The Bertz CT molecular complexity index is 1220. The maximum atomic E-state index is 12.9. The molecule has 0 spiro atoms. The van der Waals surface area contributed by atoms with Crippen LogP contribution in [0, 0.1) is 0 Å². The number of nitrogen functional groups attached to an aromatic ring is 1. The van der Waals surface area contributed by atoms with E-state index in [1.807, 2.05) is 30.3 Å². The fourth-order valence-electron chi connectivity index (χ4n) is 4.78. The normalized spacial score (nSPS) is 20.2. The minimum atomic E-state index is -0.0658. The summed E-state index contributed by atoms with van der Waals surface area (Å²) in [4.78, 5) is 19.4. The van der Waals surface area contributed by atoms with E-state index in [4.69, 9.17) is 15.2 Å². The number of aryl methyl sites for hydroxylation is 1. The van der Waals surface area contributed by atoms with Gasteiger partial charge in [-0.3, -0.25) is 9.69 Å². The highest BCUT2D eigenvalue weighted by atomic mass is 16.5. The molecule has 8 nitrogen and oxygen atoms in total. The number of pyridine rings is 1. The minimum Gasteiger partial charge on any atom is -0.504 e. The van der Waals surface area contributed by atoms with Crippen molar-refractivity contribution in [3.05, 3.63) is 71.4 Å². The highest BCUT2D eigenvalue weighted by molar-refractivity contribution is 5.77. The molecule has 1 amide bonds. The summed E-state index contributed by atoms with van der Waals surface area (Å²) >= 11 is 0. The summed E-state index contributed by atoms with van der Waals surface area (Å²) in [5, 5.41) is 13.6. The number of nitrogens with zero attached hydrogens (tertiary/aromatic N) is 2. The molecule has 0 aliphatic carbocycles. The summed E-state index contributed by atoms with van der Waals surface area (Å²) in [6.45, 7) is 2.09. The van der Waals surface area contributed by atoms with Crippen LogP contribution in [0.4, 0.5) is 5.82 Å². The Morgan fingerprint density at radius 2 is 2.06 bits per heavy atom. The standard InChI is InChI=1S/C26H28N4O4/c1-33-22-8-6-17-12-24(22)34-23-11-16(4-7-21(23)31)5-9-25(32)29-20-15-30(14-19(17)20)13-18-3-2-10-28-26(18)27/h2-4,6-8,10-12,19-20,31H,5,9,13-15H2,1H3,(H2,27,28)(H,29,32)/t19-,20+/m0/s1. The lowest BCUT2D eigenvalue weighted by Gasteiger charge is -2.21. The van der Waals surface area contributed by atoms with Gasteiger partial charge in [0, 0.05) is 49.8 Å². The third-order valence-electron chi connectivity index (χ3n) is 6.56. The number of nitrogens with two attached hydrogens (primary N) is 1. The highest BCUT2D eigenvalue weighted by Gasteiger charge is 2.35. The number of hydrogen-bond donors (Lipinski definition) is 3. The first-order chi connectivity index (χ1) is 16.5. The molecule has 0 saturated carbocycles. The molecule has 2 aromatic carbocycles. The minimum absolute atomic E-state index is 0.00117. The van der Waals surface area contributed by atoms with Crippen molar-refractivity contribution in [1.29, 1.82) is 0 Å². The van der Waals surface area contributed by atoms with Gasteiger partial charge in [0.15, 0.2) is 23.0 Å². The zero-order chi connectivity index (χ0) is 23.7. The number of methoxy groups -OCH3 is 1. The summed E-state index contributed by atoms with van der Waals surface area (Å²) in [6, 6.07) is 14.8. The van der Waals surface area contributed by atoms with Crippen molar-refractivity contribution < 1.29 is 19.4 Å². The van der Waals surface area contributed by atoms with Crippen molar-refractivity contribution in [2.75, 3.05) is 25.9 Å². The molecule has 4 N–H and O–H groups in total. The average Bonchev–Trinajstić information content (AvgIpc) is 3.22. The Balaban J connectivity index is 1.50. The number of carbonyl (C=O) groups excluding carboxylic acids is 1. The number of likely N-dealkylation sites (tertiary alicyclic amines) is 1.